The summed E-state index contributed by atoms with van der Waals surface area (Å²) < 4.78 is 13.3. The smallest absolute Gasteiger partial charge is 0.233 e. The van der Waals surface area contributed by atoms with Crippen LogP contribution in [0.1, 0.15) is 18.4 Å². The van der Waals surface area contributed by atoms with Gasteiger partial charge in [0.2, 0.25) is 11.8 Å². The van der Waals surface area contributed by atoms with Crippen molar-refractivity contribution in [3.05, 3.63) is 46.8 Å². The van der Waals surface area contributed by atoms with Crippen LogP contribution in [-0.4, -0.2) is 16.7 Å². The van der Waals surface area contributed by atoms with Crippen molar-refractivity contribution in [2.24, 2.45) is 11.8 Å². The number of halogens is 2. The van der Waals surface area contributed by atoms with Crippen molar-refractivity contribution in [1.29, 1.82) is 0 Å². The molecule has 0 radical (unpaired) electrons. The molecule has 1 aliphatic heterocycles. The Morgan fingerprint density at radius 2 is 1.75 bits per heavy atom. The minimum atomic E-state index is -0.428. The average Bonchev–Trinajstić information content (AvgIpc) is 2.68. The van der Waals surface area contributed by atoms with Gasteiger partial charge < -0.3 is 0 Å². The first-order chi connectivity index (χ1) is 9.58. The largest absolute Gasteiger partial charge is 0.278 e. The van der Waals surface area contributed by atoms with Crippen LogP contribution in [0.3, 0.4) is 0 Å². The normalized spacial score (nSPS) is 25.2. The lowest BCUT2D eigenvalue weighted by molar-refractivity contribution is -0.140. The third-order valence-electron chi connectivity index (χ3n) is 3.94. The highest BCUT2D eigenvalue weighted by molar-refractivity contribution is 6.31. The van der Waals surface area contributed by atoms with E-state index in [9.17, 15) is 14.0 Å². The second kappa shape index (κ2) is 5.02. The van der Waals surface area contributed by atoms with Gasteiger partial charge in [0.15, 0.2) is 0 Å². The lowest BCUT2D eigenvalue weighted by atomic mass is 9.85. The minimum absolute atomic E-state index is 0.0429. The number of nitrogens with zero attached hydrogens (tertiary/aromatic N) is 1. The number of benzene rings is 1. The summed E-state index contributed by atoms with van der Waals surface area (Å²) in [6.07, 6.45) is 5.07. The van der Waals surface area contributed by atoms with E-state index in [0.29, 0.717) is 23.4 Å². The van der Waals surface area contributed by atoms with Crippen LogP contribution in [-0.2, 0) is 16.1 Å². The van der Waals surface area contributed by atoms with Gasteiger partial charge in [0.25, 0.3) is 0 Å². The van der Waals surface area contributed by atoms with Gasteiger partial charge in [-0.15, -0.1) is 0 Å². The maximum Gasteiger partial charge on any atom is 0.233 e. The summed E-state index contributed by atoms with van der Waals surface area (Å²) in [5, 5.41) is 0.361. The molecule has 3 rings (SSSR count). The van der Waals surface area contributed by atoms with Crippen molar-refractivity contribution < 1.29 is 14.0 Å². The van der Waals surface area contributed by atoms with E-state index in [1.165, 1.54) is 23.1 Å². The molecule has 0 N–H and O–H groups in total. The Labute approximate surface area is 121 Å². The number of hydrogen-bond acceptors (Lipinski definition) is 2. The Kier molecular flexibility index (Phi) is 3.34. The predicted octanol–water partition coefficient (Wildman–Crippen LogP) is 2.93. The van der Waals surface area contributed by atoms with Gasteiger partial charge in [0.1, 0.15) is 5.82 Å². The van der Waals surface area contributed by atoms with E-state index >= 15 is 0 Å². The fourth-order valence-corrected chi connectivity index (χ4v) is 3.04. The Hall–Kier alpha value is -1.68. The van der Waals surface area contributed by atoms with E-state index in [1.807, 2.05) is 12.2 Å². The molecule has 1 aliphatic carbocycles. The summed E-state index contributed by atoms with van der Waals surface area (Å²) in [5.74, 6) is -1.31. The Morgan fingerprint density at radius 3 is 2.35 bits per heavy atom. The standard InChI is InChI=1S/C15H13ClFNO2/c16-13-6-5-10(17)7-9(13)8-18-14(19)11-3-1-2-4-12(11)15(18)20/h1-2,5-7,11-12H,3-4,8H2/t11-,12-/m0/s1. The van der Waals surface area contributed by atoms with E-state index in [2.05, 4.69) is 0 Å². The molecule has 3 nitrogen and oxygen atoms in total. The molecule has 0 bridgehead atoms. The average molecular weight is 294 g/mol. The number of carbonyl (C=O) groups excluding carboxylic acids is 2. The van der Waals surface area contributed by atoms with Crippen LogP contribution in [0.5, 0.6) is 0 Å². The zero-order valence-electron chi connectivity index (χ0n) is 10.7. The number of amides is 2. The molecule has 1 saturated heterocycles. The predicted molar refractivity (Wildman–Crippen MR) is 72.3 cm³/mol. The summed E-state index contributed by atoms with van der Waals surface area (Å²) in [7, 11) is 0. The lowest BCUT2D eigenvalue weighted by Gasteiger charge is -2.15. The molecule has 1 heterocycles. The molecule has 0 unspecified atom stereocenters. The van der Waals surface area contributed by atoms with Crippen molar-refractivity contribution in [2.45, 2.75) is 19.4 Å². The molecule has 1 aromatic rings. The number of allylic oxidation sites excluding steroid dienone is 2. The maximum atomic E-state index is 13.3. The van der Waals surface area contributed by atoms with Crippen LogP contribution < -0.4 is 0 Å². The van der Waals surface area contributed by atoms with Crippen molar-refractivity contribution in [3.63, 3.8) is 0 Å². The number of likely N-dealkylation sites (tertiary alicyclic amines) is 1. The van der Waals surface area contributed by atoms with Gasteiger partial charge in [-0.05, 0) is 36.6 Å². The van der Waals surface area contributed by atoms with Gasteiger partial charge in [-0.2, -0.15) is 0 Å². The van der Waals surface area contributed by atoms with E-state index in [-0.39, 0.29) is 30.2 Å². The fourth-order valence-electron chi connectivity index (χ4n) is 2.86. The van der Waals surface area contributed by atoms with Gasteiger partial charge >= 0.3 is 0 Å². The quantitative estimate of drug-likeness (QED) is 0.621. The lowest BCUT2D eigenvalue weighted by Crippen LogP contribution is -2.30. The number of imide groups is 1. The molecule has 1 aromatic carbocycles. The van der Waals surface area contributed by atoms with Crippen LogP contribution in [0.25, 0.3) is 0 Å². The monoisotopic (exact) mass is 293 g/mol. The summed E-state index contributed by atoms with van der Waals surface area (Å²) in [6, 6.07) is 3.96. The Bertz CT molecular complexity index is 588. The molecule has 1 fully saturated rings. The van der Waals surface area contributed by atoms with Crippen molar-refractivity contribution in [2.75, 3.05) is 0 Å². The van der Waals surface area contributed by atoms with Crippen LogP contribution in [0.2, 0.25) is 5.02 Å². The molecule has 104 valence electrons. The molecular weight excluding hydrogens is 281 g/mol. The van der Waals surface area contributed by atoms with Gasteiger partial charge in [-0.3, -0.25) is 14.5 Å². The molecule has 2 amide bonds. The molecule has 0 saturated carbocycles. The van der Waals surface area contributed by atoms with Crippen LogP contribution in [0.15, 0.2) is 30.4 Å². The molecule has 20 heavy (non-hydrogen) atoms. The minimum Gasteiger partial charge on any atom is -0.278 e. The zero-order chi connectivity index (χ0) is 14.3. The first kappa shape index (κ1) is 13.3. The van der Waals surface area contributed by atoms with E-state index in [0.717, 1.165) is 0 Å². The molecule has 2 aliphatic rings. The molecular formula is C15H13ClFNO2. The second-order valence-corrected chi connectivity index (χ2v) is 5.56. The number of rotatable bonds is 2. The van der Waals surface area contributed by atoms with Crippen LogP contribution >= 0.6 is 11.6 Å². The number of hydrogen-bond donors (Lipinski definition) is 0. The Balaban J connectivity index is 1.86. The highest BCUT2D eigenvalue weighted by atomic mass is 35.5. The summed E-state index contributed by atoms with van der Waals surface area (Å²) in [6.45, 7) is 0.0429. The number of carbonyl (C=O) groups is 2. The molecule has 0 aromatic heterocycles. The van der Waals surface area contributed by atoms with Gasteiger partial charge in [0, 0.05) is 5.02 Å². The fraction of sp³-hybridized carbons (Fsp3) is 0.333. The first-order valence-electron chi connectivity index (χ1n) is 6.52. The maximum absolute atomic E-state index is 13.3. The number of fused-ring (bicyclic) bond motifs is 1. The van der Waals surface area contributed by atoms with Crippen molar-refractivity contribution in [1.82, 2.24) is 4.90 Å². The van der Waals surface area contributed by atoms with E-state index in [1.54, 1.807) is 0 Å². The highest BCUT2D eigenvalue weighted by Gasteiger charge is 2.47. The topological polar surface area (TPSA) is 37.4 Å². The highest BCUT2D eigenvalue weighted by Crippen LogP contribution is 2.36. The third kappa shape index (κ3) is 2.14. The van der Waals surface area contributed by atoms with E-state index < -0.39 is 5.82 Å². The van der Waals surface area contributed by atoms with E-state index in [4.69, 9.17) is 11.6 Å². The summed E-state index contributed by atoms with van der Waals surface area (Å²) in [5.41, 5.74) is 0.458. The Morgan fingerprint density at radius 1 is 1.15 bits per heavy atom. The van der Waals surface area contributed by atoms with Gasteiger partial charge in [-0.25, -0.2) is 4.39 Å². The van der Waals surface area contributed by atoms with Crippen LogP contribution in [0, 0.1) is 17.7 Å². The van der Waals surface area contributed by atoms with Gasteiger partial charge in [-0.1, -0.05) is 23.8 Å². The molecule has 2 atom stereocenters. The zero-order valence-corrected chi connectivity index (χ0v) is 11.4. The molecule has 5 heteroatoms. The van der Waals surface area contributed by atoms with Crippen molar-refractivity contribution in [3.8, 4) is 0 Å². The van der Waals surface area contributed by atoms with Crippen LogP contribution in [0.4, 0.5) is 4.39 Å². The SMILES string of the molecule is O=C1[C@H]2CC=CC[C@@H]2C(=O)N1Cc1cc(F)ccc1Cl. The summed E-state index contributed by atoms with van der Waals surface area (Å²) >= 11 is 5.99. The van der Waals surface area contributed by atoms with Crippen molar-refractivity contribution >= 4 is 23.4 Å². The first-order valence-corrected chi connectivity index (χ1v) is 6.90. The second-order valence-electron chi connectivity index (χ2n) is 5.15. The third-order valence-corrected chi connectivity index (χ3v) is 4.30. The molecule has 0 spiro atoms. The van der Waals surface area contributed by atoms with Gasteiger partial charge in [0.05, 0.1) is 18.4 Å². The summed E-state index contributed by atoms with van der Waals surface area (Å²) in [4.78, 5) is 25.8.